The number of hydrogen-bond acceptors (Lipinski definition) is 16. The van der Waals surface area contributed by atoms with Crippen LogP contribution in [0.3, 0.4) is 0 Å². The van der Waals surface area contributed by atoms with Crippen LogP contribution in [-0.2, 0) is 23.7 Å². The third-order valence-electron chi connectivity index (χ3n) is 12.3. The standard InChI is InChI=1S/C42H83N3O13/c1-3-5-7-9-11-13-15-17-19-21-23-45(24-22-20-18-16-14-12-10-8-6-4-2)33-37(52)39(57-41-32(44)35(50)34(49)28(25-46)55-41)30(27-48)56-42(33)58-38-29(26-47)54-40(53)31(43)36(38)51/h28-42,46-53H,3-27,43-44H2,1-2H3/t28-,29-,30-,31-,32-,33-,34-,35-,36-,37-,38?,39?,40-,41+,42+/m1/s1. The Balaban J connectivity index is 1.84. The average Bonchev–Trinajstić information content (AvgIpc) is 3.22. The summed E-state index contributed by atoms with van der Waals surface area (Å²) in [6.45, 7) is 3.68. The van der Waals surface area contributed by atoms with Crippen LogP contribution >= 0.6 is 0 Å². The van der Waals surface area contributed by atoms with Crippen molar-refractivity contribution in [1.82, 2.24) is 4.90 Å². The molecular weight excluding hydrogens is 754 g/mol. The molecular formula is C42H83N3O13. The highest BCUT2D eigenvalue weighted by molar-refractivity contribution is 5.00. The molecule has 3 heterocycles. The molecule has 58 heavy (non-hydrogen) atoms. The van der Waals surface area contributed by atoms with Gasteiger partial charge >= 0.3 is 0 Å². The Hall–Kier alpha value is -0.640. The molecule has 3 saturated heterocycles. The predicted octanol–water partition coefficient (Wildman–Crippen LogP) is 1.51. The van der Waals surface area contributed by atoms with Gasteiger partial charge in [0.25, 0.3) is 0 Å². The minimum absolute atomic E-state index is 0.567. The summed E-state index contributed by atoms with van der Waals surface area (Å²) in [4.78, 5) is 2.10. The van der Waals surface area contributed by atoms with Crippen LogP contribution < -0.4 is 11.5 Å². The zero-order chi connectivity index (χ0) is 42.5. The molecule has 3 fully saturated rings. The molecule has 15 atom stereocenters. The number of rotatable bonds is 30. The molecule has 2 unspecified atom stereocenters. The molecule has 3 rings (SSSR count). The molecule has 0 aromatic heterocycles. The maximum atomic E-state index is 12.4. The Morgan fingerprint density at radius 3 is 1.31 bits per heavy atom. The van der Waals surface area contributed by atoms with Crippen LogP contribution in [-0.4, -0.2) is 171 Å². The largest absolute Gasteiger partial charge is 0.394 e. The third kappa shape index (κ3) is 15.9. The van der Waals surface area contributed by atoms with E-state index >= 15 is 0 Å². The quantitative estimate of drug-likeness (QED) is 0.0460. The lowest BCUT2D eigenvalue weighted by Crippen LogP contribution is -2.70. The summed E-state index contributed by atoms with van der Waals surface area (Å²) in [5, 5.41) is 85.5. The first-order valence-corrected chi connectivity index (χ1v) is 22.8. The van der Waals surface area contributed by atoms with E-state index < -0.39 is 112 Å². The molecule has 12 N–H and O–H groups in total. The Morgan fingerprint density at radius 2 is 0.845 bits per heavy atom. The second-order valence-electron chi connectivity index (χ2n) is 16.9. The Bertz CT molecular complexity index is 1010. The lowest BCUT2D eigenvalue weighted by molar-refractivity contribution is -0.358. The van der Waals surface area contributed by atoms with E-state index in [0.29, 0.717) is 13.1 Å². The fraction of sp³-hybridized carbons (Fsp3) is 1.00. The number of unbranched alkanes of at least 4 members (excludes halogenated alkanes) is 18. The van der Waals surface area contributed by atoms with Gasteiger partial charge in [0.1, 0.15) is 54.9 Å². The number of aliphatic hydroxyl groups excluding tert-OH is 8. The normalized spacial score (nSPS) is 35.8. The van der Waals surface area contributed by atoms with E-state index in [1.165, 1.54) is 77.0 Å². The molecule has 0 saturated carbocycles. The summed E-state index contributed by atoms with van der Waals surface area (Å²) in [5.74, 6) is 0. The molecule has 16 nitrogen and oxygen atoms in total. The Morgan fingerprint density at radius 1 is 0.448 bits per heavy atom. The van der Waals surface area contributed by atoms with Crippen LogP contribution in [0.5, 0.6) is 0 Å². The van der Waals surface area contributed by atoms with E-state index in [-0.39, 0.29) is 0 Å². The molecule has 0 amide bonds. The molecule has 0 radical (unpaired) electrons. The van der Waals surface area contributed by atoms with Gasteiger partial charge in [-0.15, -0.1) is 0 Å². The van der Waals surface area contributed by atoms with Crippen LogP contribution in [0.2, 0.25) is 0 Å². The highest BCUT2D eigenvalue weighted by Crippen LogP contribution is 2.34. The molecule has 344 valence electrons. The van der Waals surface area contributed by atoms with Gasteiger partial charge < -0.3 is 76.0 Å². The second-order valence-corrected chi connectivity index (χ2v) is 16.9. The molecule has 3 aliphatic heterocycles. The third-order valence-corrected chi connectivity index (χ3v) is 12.3. The van der Waals surface area contributed by atoms with Gasteiger partial charge in [0.15, 0.2) is 18.9 Å². The Labute approximate surface area is 347 Å². The Kier molecular flexibility index (Phi) is 25.7. The summed E-state index contributed by atoms with van der Waals surface area (Å²) in [5.41, 5.74) is 12.3. The highest BCUT2D eigenvalue weighted by Gasteiger charge is 2.54. The van der Waals surface area contributed by atoms with Gasteiger partial charge in [-0.05, 0) is 25.9 Å². The summed E-state index contributed by atoms with van der Waals surface area (Å²) >= 11 is 0. The van der Waals surface area contributed by atoms with Crippen molar-refractivity contribution in [3.63, 3.8) is 0 Å². The van der Waals surface area contributed by atoms with E-state index in [1.807, 2.05) is 0 Å². The van der Waals surface area contributed by atoms with Gasteiger partial charge in [-0.2, -0.15) is 0 Å². The monoisotopic (exact) mass is 838 g/mol. The topological polar surface area (TPSA) is 263 Å². The van der Waals surface area contributed by atoms with Crippen LogP contribution in [0.1, 0.15) is 142 Å². The highest BCUT2D eigenvalue weighted by atomic mass is 16.7. The van der Waals surface area contributed by atoms with Crippen molar-refractivity contribution in [2.24, 2.45) is 11.5 Å². The van der Waals surface area contributed by atoms with Crippen molar-refractivity contribution < 1.29 is 64.5 Å². The first-order valence-electron chi connectivity index (χ1n) is 22.8. The van der Waals surface area contributed by atoms with E-state index in [9.17, 15) is 40.9 Å². The minimum atomic E-state index is -1.55. The average molecular weight is 838 g/mol. The zero-order valence-electron chi connectivity index (χ0n) is 35.6. The van der Waals surface area contributed by atoms with Gasteiger partial charge in [-0.25, -0.2) is 0 Å². The van der Waals surface area contributed by atoms with Gasteiger partial charge in [-0.3, -0.25) is 4.90 Å². The zero-order valence-corrected chi connectivity index (χ0v) is 35.6. The van der Waals surface area contributed by atoms with Crippen molar-refractivity contribution in [1.29, 1.82) is 0 Å². The summed E-state index contributed by atoms with van der Waals surface area (Å²) in [7, 11) is 0. The summed E-state index contributed by atoms with van der Waals surface area (Å²) < 4.78 is 30.3. The second kappa shape index (κ2) is 28.9. The fourth-order valence-electron chi connectivity index (χ4n) is 8.54. The van der Waals surface area contributed by atoms with Crippen LogP contribution in [0, 0.1) is 0 Å². The number of nitrogens with two attached hydrogens (primary N) is 2. The van der Waals surface area contributed by atoms with E-state index in [1.54, 1.807) is 0 Å². The predicted molar refractivity (Wildman–Crippen MR) is 218 cm³/mol. The van der Waals surface area contributed by atoms with E-state index in [4.69, 9.17) is 35.2 Å². The molecule has 0 spiro atoms. The lowest BCUT2D eigenvalue weighted by atomic mass is 9.92. The maximum Gasteiger partial charge on any atom is 0.176 e. The van der Waals surface area contributed by atoms with Crippen LogP contribution in [0.4, 0.5) is 0 Å². The van der Waals surface area contributed by atoms with E-state index in [0.717, 1.165) is 51.4 Å². The van der Waals surface area contributed by atoms with Gasteiger partial charge in [0.2, 0.25) is 0 Å². The maximum absolute atomic E-state index is 12.4. The van der Waals surface area contributed by atoms with E-state index in [2.05, 4.69) is 18.7 Å². The van der Waals surface area contributed by atoms with Crippen molar-refractivity contribution in [3.8, 4) is 0 Å². The molecule has 3 aliphatic rings. The molecule has 0 bridgehead atoms. The first-order chi connectivity index (χ1) is 28.0. The van der Waals surface area contributed by atoms with Crippen LogP contribution in [0.25, 0.3) is 0 Å². The summed E-state index contributed by atoms with van der Waals surface area (Å²) in [6, 6.07) is -3.47. The fourth-order valence-corrected chi connectivity index (χ4v) is 8.54. The van der Waals surface area contributed by atoms with Gasteiger partial charge in [-0.1, -0.05) is 129 Å². The summed E-state index contributed by atoms with van der Waals surface area (Å²) in [6.07, 6.45) is 6.68. The van der Waals surface area contributed by atoms with Gasteiger partial charge in [0.05, 0.1) is 37.9 Å². The SMILES string of the molecule is CCCCCCCCCCCCN(CCCCCCCCCCCC)[C@H]1[C@H](OC2[C@@H](CO)O[C@@H](O)[C@H](N)[C@H]2O)O[C@H](CO)C(O[C@@H]2O[C@H](CO)[C@@H](O)[C@H](O)[C@H]2N)[C@@H]1O. The smallest absolute Gasteiger partial charge is 0.176 e. The lowest BCUT2D eigenvalue weighted by Gasteiger charge is -2.51. The number of ether oxygens (including phenoxy) is 5. The van der Waals surface area contributed by atoms with Crippen molar-refractivity contribution in [3.05, 3.63) is 0 Å². The van der Waals surface area contributed by atoms with Crippen LogP contribution in [0.15, 0.2) is 0 Å². The first kappa shape index (κ1) is 51.7. The molecule has 16 heteroatoms. The number of aliphatic hydroxyl groups is 8. The van der Waals surface area contributed by atoms with Crippen molar-refractivity contribution >= 4 is 0 Å². The minimum Gasteiger partial charge on any atom is -0.394 e. The number of nitrogens with zero attached hydrogens (tertiary/aromatic N) is 1. The molecule has 0 aliphatic carbocycles. The van der Waals surface area contributed by atoms with Crippen molar-refractivity contribution in [2.75, 3.05) is 32.9 Å². The van der Waals surface area contributed by atoms with Gasteiger partial charge in [0, 0.05) is 0 Å². The molecule has 0 aromatic rings. The molecule has 0 aromatic carbocycles. The number of hydrogen-bond donors (Lipinski definition) is 10. The van der Waals surface area contributed by atoms with Crippen molar-refractivity contribution in [2.45, 2.75) is 234 Å².